The van der Waals surface area contributed by atoms with Gasteiger partial charge in [-0.1, -0.05) is 12.1 Å². The van der Waals surface area contributed by atoms with E-state index in [9.17, 15) is 4.39 Å². The average molecular weight is 314 g/mol. The molecule has 0 bridgehead atoms. The number of benzene rings is 2. The Morgan fingerprint density at radius 2 is 2.00 bits per heavy atom. The first-order valence-corrected chi connectivity index (χ1v) is 7.60. The Labute approximate surface area is 135 Å². The molecule has 0 atom stereocenters. The monoisotopic (exact) mass is 314 g/mol. The Balaban J connectivity index is 1.67. The van der Waals surface area contributed by atoms with Crippen LogP contribution in [0.1, 0.15) is 17.5 Å². The molecule has 2 aromatic carbocycles. The number of methoxy groups -OCH3 is 1. The molecule has 3 rings (SSSR count). The summed E-state index contributed by atoms with van der Waals surface area (Å²) in [7, 11) is 1.62. The van der Waals surface area contributed by atoms with Gasteiger partial charge in [0, 0.05) is 18.7 Å². The predicted molar refractivity (Wildman–Crippen MR) is 87.7 cm³/mol. The maximum Gasteiger partial charge on any atom is 0.165 e. The van der Waals surface area contributed by atoms with Gasteiger partial charge in [0.15, 0.2) is 11.6 Å². The molecule has 0 aliphatic carbocycles. The molecule has 0 fully saturated rings. The number of rotatable bonds is 5. The van der Waals surface area contributed by atoms with Crippen molar-refractivity contribution in [2.75, 3.05) is 20.2 Å². The lowest BCUT2D eigenvalue weighted by Crippen LogP contribution is -2.30. The summed E-state index contributed by atoms with van der Waals surface area (Å²) in [6.45, 7) is 1.95. The van der Waals surface area contributed by atoms with E-state index < -0.39 is 0 Å². The number of amidine groups is 1. The van der Waals surface area contributed by atoms with Gasteiger partial charge < -0.3 is 14.8 Å². The van der Waals surface area contributed by atoms with Gasteiger partial charge in [-0.05, 0) is 42.3 Å². The number of nitrogens with one attached hydrogen (secondary N) is 1. The van der Waals surface area contributed by atoms with Gasteiger partial charge in [-0.3, -0.25) is 4.99 Å². The SMILES string of the molecule is COc1ccc(COc2ccc(C3=NCCCN3)cc2F)cc1. The summed E-state index contributed by atoms with van der Waals surface area (Å²) in [5, 5.41) is 3.18. The molecule has 1 aliphatic heterocycles. The molecule has 5 heteroatoms. The Morgan fingerprint density at radius 1 is 1.17 bits per heavy atom. The van der Waals surface area contributed by atoms with Crippen molar-refractivity contribution in [1.82, 2.24) is 5.32 Å². The third kappa shape index (κ3) is 3.80. The zero-order valence-corrected chi connectivity index (χ0v) is 13.0. The molecule has 1 heterocycles. The van der Waals surface area contributed by atoms with Gasteiger partial charge in [0.25, 0.3) is 0 Å². The van der Waals surface area contributed by atoms with Crippen LogP contribution in [-0.2, 0) is 6.61 Å². The van der Waals surface area contributed by atoms with E-state index >= 15 is 0 Å². The molecule has 0 amide bonds. The average Bonchev–Trinajstić information content (AvgIpc) is 2.62. The summed E-state index contributed by atoms with van der Waals surface area (Å²) >= 11 is 0. The largest absolute Gasteiger partial charge is 0.497 e. The highest BCUT2D eigenvalue weighted by Gasteiger charge is 2.11. The van der Waals surface area contributed by atoms with Crippen molar-refractivity contribution < 1.29 is 13.9 Å². The number of hydrogen-bond acceptors (Lipinski definition) is 4. The van der Waals surface area contributed by atoms with Crippen LogP contribution in [0.2, 0.25) is 0 Å². The second-order valence-electron chi connectivity index (χ2n) is 5.29. The molecule has 0 saturated heterocycles. The fraction of sp³-hybridized carbons (Fsp3) is 0.278. The van der Waals surface area contributed by atoms with Gasteiger partial charge in [-0.2, -0.15) is 0 Å². The maximum atomic E-state index is 14.2. The molecule has 0 aromatic heterocycles. The molecule has 1 aliphatic rings. The minimum Gasteiger partial charge on any atom is -0.497 e. The van der Waals surface area contributed by atoms with Crippen molar-refractivity contribution in [2.45, 2.75) is 13.0 Å². The second-order valence-corrected chi connectivity index (χ2v) is 5.29. The molecule has 120 valence electrons. The summed E-state index contributed by atoms with van der Waals surface area (Å²) in [5.74, 6) is 1.38. The predicted octanol–water partition coefficient (Wildman–Crippen LogP) is 3.15. The fourth-order valence-electron chi connectivity index (χ4n) is 2.37. The van der Waals surface area contributed by atoms with E-state index in [1.54, 1.807) is 13.2 Å². The molecule has 0 spiro atoms. The Kier molecular flexibility index (Phi) is 4.76. The summed E-state index contributed by atoms with van der Waals surface area (Å²) in [6.07, 6.45) is 1.01. The van der Waals surface area contributed by atoms with Gasteiger partial charge in [-0.15, -0.1) is 0 Å². The van der Waals surface area contributed by atoms with Crippen molar-refractivity contribution in [2.24, 2.45) is 4.99 Å². The van der Waals surface area contributed by atoms with Crippen molar-refractivity contribution in [3.05, 3.63) is 59.4 Å². The van der Waals surface area contributed by atoms with Crippen molar-refractivity contribution in [1.29, 1.82) is 0 Å². The lowest BCUT2D eigenvalue weighted by atomic mass is 10.1. The van der Waals surface area contributed by atoms with Gasteiger partial charge in [-0.25, -0.2) is 4.39 Å². The van der Waals surface area contributed by atoms with Gasteiger partial charge in [0.05, 0.1) is 7.11 Å². The van der Waals surface area contributed by atoms with E-state index in [0.29, 0.717) is 6.61 Å². The zero-order valence-electron chi connectivity index (χ0n) is 13.0. The van der Waals surface area contributed by atoms with Crippen LogP contribution < -0.4 is 14.8 Å². The van der Waals surface area contributed by atoms with E-state index in [0.717, 1.165) is 42.2 Å². The summed E-state index contributed by atoms with van der Waals surface area (Å²) in [4.78, 5) is 4.37. The van der Waals surface area contributed by atoms with Crippen LogP contribution in [-0.4, -0.2) is 26.0 Å². The summed E-state index contributed by atoms with van der Waals surface area (Å²) < 4.78 is 24.9. The third-order valence-electron chi connectivity index (χ3n) is 3.66. The van der Waals surface area contributed by atoms with E-state index in [2.05, 4.69) is 10.3 Å². The minimum atomic E-state index is -0.383. The number of ether oxygens (including phenoxy) is 2. The van der Waals surface area contributed by atoms with E-state index in [1.165, 1.54) is 6.07 Å². The van der Waals surface area contributed by atoms with Crippen LogP contribution >= 0.6 is 0 Å². The molecule has 1 N–H and O–H groups in total. The topological polar surface area (TPSA) is 42.9 Å². The molecule has 0 saturated carbocycles. The molecule has 4 nitrogen and oxygen atoms in total. The normalized spacial score (nSPS) is 13.9. The smallest absolute Gasteiger partial charge is 0.165 e. The first-order chi connectivity index (χ1) is 11.3. The summed E-state index contributed by atoms with van der Waals surface area (Å²) in [6, 6.07) is 12.4. The molecular formula is C18H19FN2O2. The summed E-state index contributed by atoms with van der Waals surface area (Å²) in [5.41, 5.74) is 1.70. The standard InChI is InChI=1S/C18H19FN2O2/c1-22-15-6-3-13(4-7-15)12-23-17-8-5-14(11-16(17)19)18-20-9-2-10-21-18/h3-8,11H,2,9-10,12H2,1H3,(H,20,21). The van der Waals surface area contributed by atoms with Crippen LogP contribution in [0.25, 0.3) is 0 Å². The zero-order chi connectivity index (χ0) is 16.1. The molecule has 2 aromatic rings. The maximum absolute atomic E-state index is 14.2. The first kappa shape index (κ1) is 15.3. The van der Waals surface area contributed by atoms with Crippen molar-refractivity contribution in [3.63, 3.8) is 0 Å². The third-order valence-corrected chi connectivity index (χ3v) is 3.66. The number of halogens is 1. The Morgan fingerprint density at radius 3 is 2.65 bits per heavy atom. The van der Waals surface area contributed by atoms with E-state index in [1.807, 2.05) is 30.3 Å². The molecular weight excluding hydrogens is 295 g/mol. The van der Waals surface area contributed by atoms with Crippen molar-refractivity contribution >= 4 is 5.84 Å². The van der Waals surface area contributed by atoms with Crippen molar-refractivity contribution in [3.8, 4) is 11.5 Å². The minimum absolute atomic E-state index is 0.237. The Bertz CT molecular complexity index is 699. The molecule has 23 heavy (non-hydrogen) atoms. The van der Waals surface area contributed by atoms with Gasteiger partial charge >= 0.3 is 0 Å². The molecule has 0 unspecified atom stereocenters. The Hall–Kier alpha value is -2.56. The number of hydrogen-bond donors (Lipinski definition) is 1. The number of aliphatic imine (C=N–C) groups is 1. The van der Waals surface area contributed by atoms with Crippen LogP contribution in [0.15, 0.2) is 47.5 Å². The highest BCUT2D eigenvalue weighted by molar-refractivity contribution is 5.99. The van der Waals surface area contributed by atoms with Crippen LogP contribution in [0.3, 0.4) is 0 Å². The van der Waals surface area contributed by atoms with E-state index in [4.69, 9.17) is 9.47 Å². The van der Waals surface area contributed by atoms with Crippen LogP contribution in [0, 0.1) is 5.82 Å². The van der Waals surface area contributed by atoms with Gasteiger partial charge in [0.1, 0.15) is 18.2 Å². The fourth-order valence-corrected chi connectivity index (χ4v) is 2.37. The van der Waals surface area contributed by atoms with Crippen LogP contribution in [0.5, 0.6) is 11.5 Å². The first-order valence-electron chi connectivity index (χ1n) is 7.60. The number of nitrogens with zero attached hydrogens (tertiary/aromatic N) is 1. The second kappa shape index (κ2) is 7.13. The quantitative estimate of drug-likeness (QED) is 0.922. The van der Waals surface area contributed by atoms with Crippen LogP contribution in [0.4, 0.5) is 4.39 Å². The van der Waals surface area contributed by atoms with Gasteiger partial charge in [0.2, 0.25) is 0 Å². The van der Waals surface area contributed by atoms with E-state index in [-0.39, 0.29) is 11.6 Å². The molecule has 0 radical (unpaired) electrons. The lowest BCUT2D eigenvalue weighted by Gasteiger charge is -2.15. The highest BCUT2D eigenvalue weighted by atomic mass is 19.1. The lowest BCUT2D eigenvalue weighted by molar-refractivity contribution is 0.290. The highest BCUT2D eigenvalue weighted by Crippen LogP contribution is 2.21.